The van der Waals surface area contributed by atoms with Gasteiger partial charge in [-0.15, -0.1) is 0 Å². The predicted octanol–water partition coefficient (Wildman–Crippen LogP) is 4.32. The Morgan fingerprint density at radius 3 is 2.34 bits per heavy atom. The Hall–Kier alpha value is -3.91. The van der Waals surface area contributed by atoms with Crippen LogP contribution in [0.1, 0.15) is 15.9 Å². The van der Waals surface area contributed by atoms with Gasteiger partial charge in [-0.25, -0.2) is 4.98 Å². The molecule has 0 saturated carbocycles. The monoisotopic (exact) mass is 447 g/mol. The fourth-order valence-electron chi connectivity index (χ4n) is 3.10. The third-order valence-electron chi connectivity index (χ3n) is 4.79. The van der Waals surface area contributed by atoms with E-state index in [1.165, 1.54) is 14.2 Å². The molecule has 0 atom stereocenters. The second-order valence-electron chi connectivity index (χ2n) is 6.92. The smallest absolute Gasteiger partial charge is 0.257 e. The SMILES string of the molecule is COc1cc(OC)cc(C(=O)NC(=S)NCc2ccc(-c3nc4ccccc4o3)cc2)c1. The van der Waals surface area contributed by atoms with Gasteiger partial charge >= 0.3 is 0 Å². The molecule has 0 bridgehead atoms. The summed E-state index contributed by atoms with van der Waals surface area (Å²) in [4.78, 5) is 17.0. The van der Waals surface area contributed by atoms with E-state index in [9.17, 15) is 4.79 Å². The average molecular weight is 448 g/mol. The van der Waals surface area contributed by atoms with Crippen molar-refractivity contribution in [2.75, 3.05) is 14.2 Å². The van der Waals surface area contributed by atoms with E-state index in [1.54, 1.807) is 18.2 Å². The minimum Gasteiger partial charge on any atom is -0.497 e. The van der Waals surface area contributed by atoms with Gasteiger partial charge in [-0.1, -0.05) is 24.3 Å². The molecule has 4 rings (SSSR count). The van der Waals surface area contributed by atoms with Crippen LogP contribution in [0.25, 0.3) is 22.6 Å². The van der Waals surface area contributed by atoms with Crippen molar-refractivity contribution in [1.82, 2.24) is 15.6 Å². The van der Waals surface area contributed by atoms with Gasteiger partial charge in [0, 0.05) is 23.7 Å². The number of carbonyl (C=O) groups is 1. The first-order chi connectivity index (χ1) is 15.6. The first kappa shape index (κ1) is 21.3. The van der Waals surface area contributed by atoms with Gasteiger partial charge in [0.25, 0.3) is 5.91 Å². The van der Waals surface area contributed by atoms with Crippen molar-refractivity contribution >= 4 is 34.3 Å². The molecule has 0 radical (unpaired) electrons. The van der Waals surface area contributed by atoms with Crippen LogP contribution in [-0.2, 0) is 6.54 Å². The van der Waals surface area contributed by atoms with E-state index in [0.717, 1.165) is 22.2 Å². The lowest BCUT2D eigenvalue weighted by Gasteiger charge is -2.11. The third kappa shape index (κ3) is 4.87. The van der Waals surface area contributed by atoms with Crippen molar-refractivity contribution in [1.29, 1.82) is 0 Å². The molecule has 1 heterocycles. The number of carbonyl (C=O) groups excluding carboxylic acids is 1. The zero-order chi connectivity index (χ0) is 22.5. The molecule has 1 amide bonds. The van der Waals surface area contributed by atoms with Crippen LogP contribution in [0.2, 0.25) is 0 Å². The number of aromatic nitrogens is 1. The molecule has 32 heavy (non-hydrogen) atoms. The second kappa shape index (κ2) is 9.49. The number of hydrogen-bond acceptors (Lipinski definition) is 6. The van der Waals surface area contributed by atoms with Crippen LogP contribution in [-0.4, -0.2) is 30.2 Å². The van der Waals surface area contributed by atoms with E-state index in [0.29, 0.717) is 29.5 Å². The Morgan fingerprint density at radius 1 is 1.00 bits per heavy atom. The fourth-order valence-corrected chi connectivity index (χ4v) is 3.27. The highest BCUT2D eigenvalue weighted by Gasteiger charge is 2.12. The van der Waals surface area contributed by atoms with Crippen molar-refractivity contribution in [3.63, 3.8) is 0 Å². The van der Waals surface area contributed by atoms with E-state index in [2.05, 4.69) is 15.6 Å². The molecule has 2 N–H and O–H groups in total. The maximum atomic E-state index is 12.5. The number of benzene rings is 3. The minimum atomic E-state index is -0.356. The molecular formula is C24H21N3O4S. The molecule has 8 heteroatoms. The topological polar surface area (TPSA) is 85.6 Å². The summed E-state index contributed by atoms with van der Waals surface area (Å²) in [6.45, 7) is 0.453. The van der Waals surface area contributed by atoms with Gasteiger partial charge < -0.3 is 19.2 Å². The number of methoxy groups -OCH3 is 2. The van der Waals surface area contributed by atoms with Gasteiger partial charge in [0.05, 0.1) is 14.2 Å². The second-order valence-corrected chi connectivity index (χ2v) is 7.33. The standard InChI is InChI=1S/C24H21N3O4S/c1-29-18-11-17(12-19(13-18)30-2)22(28)27-24(32)25-14-15-7-9-16(10-8-15)23-26-20-5-3-4-6-21(20)31-23/h3-13H,14H2,1-2H3,(H2,25,27,28,32). The number of hydrogen-bond donors (Lipinski definition) is 2. The summed E-state index contributed by atoms with van der Waals surface area (Å²) in [6.07, 6.45) is 0. The minimum absolute atomic E-state index is 0.222. The van der Waals surface area contributed by atoms with Crippen LogP contribution < -0.4 is 20.1 Å². The van der Waals surface area contributed by atoms with Gasteiger partial charge in [0.2, 0.25) is 5.89 Å². The maximum Gasteiger partial charge on any atom is 0.257 e. The summed E-state index contributed by atoms with van der Waals surface area (Å²) in [6, 6.07) is 20.3. The predicted molar refractivity (Wildman–Crippen MR) is 126 cm³/mol. The number of ether oxygens (including phenoxy) is 2. The molecule has 0 aliphatic carbocycles. The average Bonchev–Trinajstić information content (AvgIpc) is 3.27. The quantitative estimate of drug-likeness (QED) is 0.426. The third-order valence-corrected chi connectivity index (χ3v) is 5.03. The number of thiocarbonyl (C=S) groups is 1. The lowest BCUT2D eigenvalue weighted by molar-refractivity contribution is 0.0976. The van der Waals surface area contributed by atoms with Crippen molar-refractivity contribution in [2.45, 2.75) is 6.54 Å². The Bertz CT molecular complexity index is 1210. The Kier molecular flexibility index (Phi) is 6.32. The zero-order valence-electron chi connectivity index (χ0n) is 17.5. The first-order valence-electron chi connectivity index (χ1n) is 9.83. The first-order valence-corrected chi connectivity index (χ1v) is 10.2. The highest BCUT2D eigenvalue weighted by Crippen LogP contribution is 2.24. The molecule has 7 nitrogen and oxygen atoms in total. The van der Waals surface area contributed by atoms with Crippen molar-refractivity contribution in [3.05, 3.63) is 77.9 Å². The van der Waals surface area contributed by atoms with E-state index < -0.39 is 0 Å². The van der Waals surface area contributed by atoms with Gasteiger partial charge in [0.15, 0.2) is 10.7 Å². The Morgan fingerprint density at radius 2 is 1.69 bits per heavy atom. The zero-order valence-corrected chi connectivity index (χ0v) is 18.4. The van der Waals surface area contributed by atoms with Crippen LogP contribution in [0.4, 0.5) is 0 Å². The van der Waals surface area contributed by atoms with Crippen LogP contribution in [0.5, 0.6) is 11.5 Å². The van der Waals surface area contributed by atoms with Crippen LogP contribution >= 0.6 is 12.2 Å². The van der Waals surface area contributed by atoms with E-state index in [-0.39, 0.29) is 11.0 Å². The molecule has 3 aromatic carbocycles. The van der Waals surface area contributed by atoms with Crippen LogP contribution in [0.15, 0.2) is 71.1 Å². The number of nitrogens with zero attached hydrogens (tertiary/aromatic N) is 1. The van der Waals surface area contributed by atoms with Crippen molar-refractivity contribution in [3.8, 4) is 23.0 Å². The fraction of sp³-hybridized carbons (Fsp3) is 0.125. The maximum absolute atomic E-state index is 12.5. The largest absolute Gasteiger partial charge is 0.497 e. The molecule has 0 saturated heterocycles. The number of nitrogens with one attached hydrogen (secondary N) is 2. The van der Waals surface area contributed by atoms with E-state index >= 15 is 0 Å². The number of rotatable bonds is 6. The molecule has 162 valence electrons. The lowest BCUT2D eigenvalue weighted by Crippen LogP contribution is -2.38. The normalized spacial score (nSPS) is 10.6. The molecule has 4 aromatic rings. The molecule has 0 spiro atoms. The Balaban J connectivity index is 1.35. The van der Waals surface area contributed by atoms with Crippen molar-refractivity contribution < 1.29 is 18.7 Å². The molecule has 0 aliphatic heterocycles. The molecule has 0 unspecified atom stereocenters. The number of para-hydroxylation sites is 2. The van der Waals surface area contributed by atoms with E-state index in [1.807, 2.05) is 48.5 Å². The molecule has 0 aliphatic rings. The summed E-state index contributed by atoms with van der Waals surface area (Å²) in [7, 11) is 3.05. The number of oxazole rings is 1. The molecule has 0 fully saturated rings. The van der Waals surface area contributed by atoms with Gasteiger partial charge in [0.1, 0.15) is 17.0 Å². The summed E-state index contributed by atoms with van der Waals surface area (Å²) >= 11 is 5.26. The van der Waals surface area contributed by atoms with Crippen LogP contribution in [0.3, 0.4) is 0 Å². The Labute approximate surface area is 190 Å². The number of amides is 1. The van der Waals surface area contributed by atoms with Gasteiger partial charge in [-0.05, 0) is 54.2 Å². The lowest BCUT2D eigenvalue weighted by atomic mass is 10.1. The van der Waals surface area contributed by atoms with Gasteiger partial charge in [-0.3, -0.25) is 10.1 Å². The summed E-state index contributed by atoms with van der Waals surface area (Å²) in [5, 5.41) is 5.92. The van der Waals surface area contributed by atoms with Crippen LogP contribution in [0, 0.1) is 0 Å². The highest BCUT2D eigenvalue weighted by atomic mass is 32.1. The summed E-state index contributed by atoms with van der Waals surface area (Å²) in [5.41, 5.74) is 3.83. The molecule has 1 aromatic heterocycles. The van der Waals surface area contributed by atoms with E-state index in [4.69, 9.17) is 26.1 Å². The summed E-state index contributed by atoms with van der Waals surface area (Å²) < 4.78 is 16.2. The van der Waals surface area contributed by atoms with Gasteiger partial charge in [-0.2, -0.15) is 0 Å². The molecular weight excluding hydrogens is 426 g/mol. The highest BCUT2D eigenvalue weighted by molar-refractivity contribution is 7.80. The van der Waals surface area contributed by atoms with Crippen molar-refractivity contribution in [2.24, 2.45) is 0 Å². The summed E-state index contributed by atoms with van der Waals surface area (Å²) in [5.74, 6) is 1.26. The number of fused-ring (bicyclic) bond motifs is 1.